The number of fused-ring (bicyclic) bond motifs is 2. The van der Waals surface area contributed by atoms with E-state index < -0.39 is 0 Å². The van der Waals surface area contributed by atoms with Gasteiger partial charge >= 0.3 is 0 Å². The van der Waals surface area contributed by atoms with Gasteiger partial charge in [0.25, 0.3) is 0 Å². The lowest BCUT2D eigenvalue weighted by Crippen LogP contribution is -2.15. The lowest BCUT2D eigenvalue weighted by atomic mass is 10.1. The SMILES string of the molecule is CCn1c(-c2ccc3c(c2)OCCO3)cnc1SCC(=O)Nc1ccc2c(c1)OCO2. The molecule has 0 spiro atoms. The monoisotopic (exact) mass is 439 g/mol. The number of carbonyl (C=O) groups excluding carboxylic acids is 1. The van der Waals surface area contributed by atoms with Crippen molar-refractivity contribution in [1.82, 2.24) is 9.55 Å². The van der Waals surface area contributed by atoms with Crippen molar-refractivity contribution in [2.45, 2.75) is 18.6 Å². The van der Waals surface area contributed by atoms with E-state index in [1.807, 2.05) is 24.4 Å². The van der Waals surface area contributed by atoms with Crippen molar-refractivity contribution in [2.24, 2.45) is 0 Å². The van der Waals surface area contributed by atoms with Gasteiger partial charge in [-0.2, -0.15) is 0 Å². The van der Waals surface area contributed by atoms with E-state index in [1.54, 1.807) is 18.2 Å². The van der Waals surface area contributed by atoms with Gasteiger partial charge in [0, 0.05) is 23.9 Å². The molecule has 8 nitrogen and oxygen atoms in total. The number of nitrogens with zero attached hydrogens (tertiary/aromatic N) is 2. The molecule has 0 radical (unpaired) electrons. The van der Waals surface area contributed by atoms with Crippen LogP contribution < -0.4 is 24.3 Å². The molecule has 5 rings (SSSR count). The Morgan fingerprint density at radius 1 is 1.03 bits per heavy atom. The molecule has 0 atom stereocenters. The quantitative estimate of drug-likeness (QED) is 0.585. The molecule has 1 amide bonds. The van der Waals surface area contributed by atoms with Gasteiger partial charge < -0.3 is 28.8 Å². The van der Waals surface area contributed by atoms with Crippen LogP contribution in [0.2, 0.25) is 0 Å². The fourth-order valence-electron chi connectivity index (χ4n) is 3.51. The largest absolute Gasteiger partial charge is 0.486 e. The maximum absolute atomic E-state index is 12.5. The van der Waals surface area contributed by atoms with Crippen LogP contribution in [0.5, 0.6) is 23.0 Å². The average Bonchev–Trinajstić information content (AvgIpc) is 3.43. The number of amides is 1. The molecule has 0 saturated carbocycles. The van der Waals surface area contributed by atoms with Gasteiger partial charge in [-0.1, -0.05) is 11.8 Å². The molecule has 0 saturated heterocycles. The normalized spacial score (nSPS) is 13.8. The molecule has 0 aliphatic carbocycles. The zero-order valence-corrected chi connectivity index (χ0v) is 17.7. The number of anilines is 1. The van der Waals surface area contributed by atoms with E-state index in [9.17, 15) is 4.79 Å². The van der Waals surface area contributed by atoms with E-state index in [-0.39, 0.29) is 18.5 Å². The lowest BCUT2D eigenvalue weighted by Gasteiger charge is -2.19. The van der Waals surface area contributed by atoms with Gasteiger partial charge in [0.2, 0.25) is 12.7 Å². The van der Waals surface area contributed by atoms with Gasteiger partial charge in [-0.05, 0) is 37.3 Å². The van der Waals surface area contributed by atoms with Crippen molar-refractivity contribution < 1.29 is 23.7 Å². The molecule has 3 aromatic rings. The second-order valence-electron chi connectivity index (χ2n) is 6.93. The van der Waals surface area contributed by atoms with Gasteiger partial charge in [0.1, 0.15) is 13.2 Å². The highest BCUT2D eigenvalue weighted by Gasteiger charge is 2.18. The first-order valence-corrected chi connectivity index (χ1v) is 11.0. The molecule has 1 N–H and O–H groups in total. The minimum absolute atomic E-state index is 0.115. The Morgan fingerprint density at radius 3 is 2.65 bits per heavy atom. The highest BCUT2D eigenvalue weighted by Crippen LogP contribution is 2.36. The van der Waals surface area contributed by atoms with E-state index in [0.29, 0.717) is 30.4 Å². The molecule has 2 aliphatic heterocycles. The number of aromatic nitrogens is 2. The summed E-state index contributed by atoms with van der Waals surface area (Å²) in [6.45, 7) is 4.10. The summed E-state index contributed by atoms with van der Waals surface area (Å²) in [4.78, 5) is 17.0. The fraction of sp³-hybridized carbons (Fsp3) is 0.273. The minimum Gasteiger partial charge on any atom is -0.486 e. The van der Waals surface area contributed by atoms with E-state index in [4.69, 9.17) is 18.9 Å². The number of imidazole rings is 1. The summed E-state index contributed by atoms with van der Waals surface area (Å²) in [6.07, 6.45) is 1.83. The Labute approximate surface area is 183 Å². The van der Waals surface area contributed by atoms with Crippen molar-refractivity contribution in [2.75, 3.05) is 31.1 Å². The third-order valence-electron chi connectivity index (χ3n) is 4.96. The first-order chi connectivity index (χ1) is 15.2. The average molecular weight is 439 g/mol. The number of rotatable bonds is 6. The van der Waals surface area contributed by atoms with E-state index in [2.05, 4.69) is 21.8 Å². The molecular formula is C22H21N3O5S. The highest BCUT2D eigenvalue weighted by molar-refractivity contribution is 7.99. The Morgan fingerprint density at radius 2 is 1.77 bits per heavy atom. The van der Waals surface area contributed by atoms with E-state index in [0.717, 1.165) is 34.5 Å². The second-order valence-corrected chi connectivity index (χ2v) is 7.88. The third-order valence-corrected chi connectivity index (χ3v) is 5.95. The summed E-state index contributed by atoms with van der Waals surface area (Å²) in [5.41, 5.74) is 2.64. The molecule has 0 fully saturated rings. The molecule has 9 heteroatoms. The number of hydrogen-bond donors (Lipinski definition) is 1. The van der Waals surface area contributed by atoms with Gasteiger partial charge in [0.05, 0.1) is 17.6 Å². The van der Waals surface area contributed by atoms with E-state index in [1.165, 1.54) is 11.8 Å². The van der Waals surface area contributed by atoms with Crippen LogP contribution in [-0.4, -0.2) is 41.2 Å². The van der Waals surface area contributed by atoms with Crippen molar-refractivity contribution in [1.29, 1.82) is 0 Å². The number of carbonyl (C=O) groups is 1. The molecule has 3 heterocycles. The van der Waals surface area contributed by atoms with E-state index >= 15 is 0 Å². The van der Waals surface area contributed by atoms with Gasteiger partial charge in [-0.25, -0.2) is 4.98 Å². The Balaban J connectivity index is 1.27. The van der Waals surface area contributed by atoms with Crippen LogP contribution in [0.4, 0.5) is 5.69 Å². The predicted molar refractivity (Wildman–Crippen MR) is 116 cm³/mol. The van der Waals surface area contributed by atoms with Crippen LogP contribution in [0.1, 0.15) is 6.92 Å². The number of ether oxygens (including phenoxy) is 4. The van der Waals surface area contributed by atoms with Crippen LogP contribution in [-0.2, 0) is 11.3 Å². The summed E-state index contributed by atoms with van der Waals surface area (Å²) < 4.78 is 24.0. The smallest absolute Gasteiger partial charge is 0.234 e. The summed E-state index contributed by atoms with van der Waals surface area (Å²) in [5, 5.41) is 3.67. The van der Waals surface area contributed by atoms with Crippen LogP contribution in [0.25, 0.3) is 11.3 Å². The maximum atomic E-state index is 12.5. The predicted octanol–water partition coefficient (Wildman–Crippen LogP) is 3.80. The number of hydrogen-bond acceptors (Lipinski definition) is 7. The fourth-order valence-corrected chi connectivity index (χ4v) is 4.36. The Kier molecular flexibility index (Phi) is 5.33. The van der Waals surface area contributed by atoms with Crippen LogP contribution in [0, 0.1) is 0 Å². The van der Waals surface area contributed by atoms with Gasteiger partial charge in [0.15, 0.2) is 28.2 Å². The van der Waals surface area contributed by atoms with Crippen molar-refractivity contribution in [3.63, 3.8) is 0 Å². The van der Waals surface area contributed by atoms with Gasteiger partial charge in [-0.3, -0.25) is 4.79 Å². The molecule has 0 unspecified atom stereocenters. The van der Waals surface area contributed by atoms with Crippen molar-refractivity contribution >= 4 is 23.4 Å². The standard InChI is InChI=1S/C22H21N3O5S/c1-2-25-16(14-3-5-17-19(9-14)28-8-7-27-17)11-23-22(25)31-12-21(26)24-15-4-6-18-20(10-15)30-13-29-18/h3-6,9-11H,2,7-8,12-13H2,1H3,(H,24,26). The summed E-state index contributed by atoms with van der Waals surface area (Å²) in [7, 11) is 0. The number of benzene rings is 2. The van der Waals surface area contributed by atoms with Crippen LogP contribution in [0.15, 0.2) is 47.8 Å². The molecular weight excluding hydrogens is 418 g/mol. The first kappa shape index (κ1) is 19.6. The van der Waals surface area contributed by atoms with Crippen LogP contribution in [0.3, 0.4) is 0 Å². The molecule has 31 heavy (non-hydrogen) atoms. The first-order valence-electron chi connectivity index (χ1n) is 9.99. The Hall–Kier alpha value is -3.33. The van der Waals surface area contributed by atoms with Crippen molar-refractivity contribution in [3.05, 3.63) is 42.6 Å². The number of thioether (sulfide) groups is 1. The summed E-state index contributed by atoms with van der Waals surface area (Å²) in [6, 6.07) is 11.2. The lowest BCUT2D eigenvalue weighted by molar-refractivity contribution is -0.113. The summed E-state index contributed by atoms with van der Waals surface area (Å²) in [5.74, 6) is 2.94. The molecule has 0 bridgehead atoms. The van der Waals surface area contributed by atoms with Crippen LogP contribution >= 0.6 is 11.8 Å². The Bertz CT molecular complexity index is 1130. The molecule has 2 aromatic carbocycles. The highest BCUT2D eigenvalue weighted by atomic mass is 32.2. The second kappa shape index (κ2) is 8.43. The minimum atomic E-state index is -0.115. The maximum Gasteiger partial charge on any atom is 0.234 e. The topological polar surface area (TPSA) is 83.8 Å². The zero-order chi connectivity index (χ0) is 21.2. The third kappa shape index (κ3) is 4.00. The molecule has 160 valence electrons. The zero-order valence-electron chi connectivity index (χ0n) is 16.9. The molecule has 1 aromatic heterocycles. The van der Waals surface area contributed by atoms with Gasteiger partial charge in [-0.15, -0.1) is 0 Å². The summed E-state index contributed by atoms with van der Waals surface area (Å²) >= 11 is 1.40. The molecule has 2 aliphatic rings. The number of nitrogens with one attached hydrogen (secondary N) is 1. The van der Waals surface area contributed by atoms with Crippen molar-refractivity contribution in [3.8, 4) is 34.3 Å².